The second kappa shape index (κ2) is 10.5. The van der Waals surface area contributed by atoms with Crippen LogP contribution in [0.5, 0.6) is 11.5 Å². The fourth-order valence-corrected chi connectivity index (χ4v) is 3.25. The summed E-state index contributed by atoms with van der Waals surface area (Å²) in [5.74, 6) is 0.190. The van der Waals surface area contributed by atoms with E-state index in [1.54, 1.807) is 18.2 Å². The number of carbonyl (C=O) groups excluding carboxylic acids is 3. The van der Waals surface area contributed by atoms with E-state index in [0.29, 0.717) is 23.0 Å². The van der Waals surface area contributed by atoms with Gasteiger partial charge in [-0.3, -0.25) is 14.9 Å². The topological polar surface area (TPSA) is 103 Å². The summed E-state index contributed by atoms with van der Waals surface area (Å²) in [6, 6.07) is 4.57. The smallest absolute Gasteiger partial charge is 0.321 e. The summed E-state index contributed by atoms with van der Waals surface area (Å²) in [5.41, 5.74) is 0.659. The number of urea groups is 1. The molecule has 1 aliphatic carbocycles. The molecule has 2 atom stereocenters. The fourth-order valence-electron chi connectivity index (χ4n) is 3.25. The van der Waals surface area contributed by atoms with Crippen LogP contribution in [0, 0.1) is 5.92 Å². The molecule has 0 spiro atoms. The number of hydrogen-bond acceptors (Lipinski definition) is 6. The molecule has 1 saturated carbocycles. The zero-order valence-electron chi connectivity index (χ0n) is 16.6. The lowest BCUT2D eigenvalue weighted by Gasteiger charge is -2.29. The van der Waals surface area contributed by atoms with Crippen molar-refractivity contribution in [2.45, 2.75) is 45.1 Å². The quantitative estimate of drug-likeness (QED) is 0.690. The van der Waals surface area contributed by atoms with Gasteiger partial charge in [-0.1, -0.05) is 25.8 Å². The lowest BCUT2D eigenvalue weighted by atomic mass is 9.86. The van der Waals surface area contributed by atoms with Crippen molar-refractivity contribution in [3.05, 3.63) is 23.8 Å². The van der Waals surface area contributed by atoms with E-state index in [4.69, 9.17) is 14.2 Å². The van der Waals surface area contributed by atoms with Crippen LogP contribution in [-0.4, -0.2) is 44.8 Å². The van der Waals surface area contributed by atoms with Gasteiger partial charge in [0.15, 0.2) is 18.1 Å². The van der Waals surface area contributed by atoms with E-state index in [0.717, 1.165) is 25.7 Å². The van der Waals surface area contributed by atoms with E-state index < -0.39 is 24.5 Å². The summed E-state index contributed by atoms with van der Waals surface area (Å²) < 4.78 is 15.3. The van der Waals surface area contributed by atoms with E-state index in [1.165, 1.54) is 14.2 Å². The predicted octanol–water partition coefficient (Wildman–Crippen LogP) is 2.19. The molecule has 28 heavy (non-hydrogen) atoms. The van der Waals surface area contributed by atoms with Crippen molar-refractivity contribution in [2.24, 2.45) is 5.92 Å². The minimum absolute atomic E-state index is 0.0284. The molecular formula is C20H28N2O6. The molecule has 0 aliphatic heterocycles. The number of esters is 1. The third-order valence-corrected chi connectivity index (χ3v) is 4.84. The Morgan fingerprint density at radius 3 is 2.46 bits per heavy atom. The normalized spacial score (nSPS) is 18.7. The predicted molar refractivity (Wildman–Crippen MR) is 102 cm³/mol. The van der Waals surface area contributed by atoms with Crippen LogP contribution >= 0.6 is 0 Å². The monoisotopic (exact) mass is 392 g/mol. The molecule has 1 aromatic rings. The molecule has 8 nitrogen and oxygen atoms in total. The fraction of sp³-hybridized carbons (Fsp3) is 0.550. The Morgan fingerprint density at radius 2 is 1.79 bits per heavy atom. The van der Waals surface area contributed by atoms with Gasteiger partial charge in [0.25, 0.3) is 5.91 Å². The molecule has 0 aromatic heterocycles. The number of imide groups is 1. The van der Waals surface area contributed by atoms with Crippen molar-refractivity contribution in [3.8, 4) is 11.5 Å². The van der Waals surface area contributed by atoms with Crippen molar-refractivity contribution in [1.29, 1.82) is 0 Å². The molecular weight excluding hydrogens is 364 g/mol. The lowest BCUT2D eigenvalue weighted by molar-refractivity contribution is -0.147. The number of nitrogens with one attached hydrogen (secondary N) is 2. The number of methoxy groups -OCH3 is 2. The summed E-state index contributed by atoms with van der Waals surface area (Å²) >= 11 is 0. The average Bonchev–Trinajstić information content (AvgIpc) is 2.68. The molecule has 0 bridgehead atoms. The van der Waals surface area contributed by atoms with Gasteiger partial charge in [0.1, 0.15) is 0 Å². The van der Waals surface area contributed by atoms with Gasteiger partial charge in [-0.05, 0) is 36.5 Å². The van der Waals surface area contributed by atoms with Crippen molar-refractivity contribution >= 4 is 17.9 Å². The number of amides is 3. The molecule has 154 valence electrons. The van der Waals surface area contributed by atoms with Crippen molar-refractivity contribution in [1.82, 2.24) is 10.6 Å². The molecule has 2 N–H and O–H groups in total. The SMILES string of the molecule is COc1ccc(CC(=O)OCC(=O)NC(=O)N[C@@H]2CCCC[C@H]2C)cc1OC. The molecule has 8 heteroatoms. The van der Waals surface area contributed by atoms with Gasteiger partial charge in [-0.15, -0.1) is 0 Å². The van der Waals surface area contributed by atoms with E-state index in [1.807, 2.05) is 0 Å². The van der Waals surface area contributed by atoms with Crippen LogP contribution in [0.4, 0.5) is 4.79 Å². The molecule has 1 fully saturated rings. The van der Waals surface area contributed by atoms with Crippen LogP contribution in [0.25, 0.3) is 0 Å². The van der Waals surface area contributed by atoms with Gasteiger partial charge >= 0.3 is 12.0 Å². The van der Waals surface area contributed by atoms with Crippen molar-refractivity contribution in [2.75, 3.05) is 20.8 Å². The Hall–Kier alpha value is -2.77. The third kappa shape index (κ3) is 6.44. The van der Waals surface area contributed by atoms with Crippen LogP contribution in [-0.2, 0) is 20.7 Å². The summed E-state index contributed by atoms with van der Waals surface area (Å²) in [5, 5.41) is 5.01. The minimum Gasteiger partial charge on any atom is -0.493 e. The first kappa shape index (κ1) is 21.5. The Morgan fingerprint density at radius 1 is 1.07 bits per heavy atom. The molecule has 0 saturated heterocycles. The molecule has 2 rings (SSSR count). The van der Waals surface area contributed by atoms with Crippen LogP contribution < -0.4 is 20.1 Å². The maximum Gasteiger partial charge on any atom is 0.321 e. The van der Waals surface area contributed by atoms with Gasteiger partial charge in [0.2, 0.25) is 0 Å². The summed E-state index contributed by atoms with van der Waals surface area (Å²) in [4.78, 5) is 35.7. The maximum absolute atomic E-state index is 11.9. The van der Waals surface area contributed by atoms with Crippen molar-refractivity contribution < 1.29 is 28.6 Å². The Kier molecular flexibility index (Phi) is 8.10. The Balaban J connectivity index is 1.74. The Labute approximate surface area is 164 Å². The second-order valence-corrected chi connectivity index (χ2v) is 6.92. The third-order valence-electron chi connectivity index (χ3n) is 4.84. The largest absolute Gasteiger partial charge is 0.493 e. The maximum atomic E-state index is 11.9. The highest BCUT2D eigenvalue weighted by Crippen LogP contribution is 2.27. The highest BCUT2D eigenvalue weighted by molar-refractivity contribution is 5.95. The number of rotatable bonds is 7. The van der Waals surface area contributed by atoms with Crippen LogP contribution in [0.1, 0.15) is 38.2 Å². The zero-order valence-corrected chi connectivity index (χ0v) is 16.6. The van der Waals surface area contributed by atoms with Gasteiger partial charge in [0.05, 0.1) is 20.6 Å². The van der Waals surface area contributed by atoms with Crippen LogP contribution in [0.15, 0.2) is 18.2 Å². The first-order chi connectivity index (χ1) is 13.4. The van der Waals surface area contributed by atoms with E-state index in [9.17, 15) is 14.4 Å². The summed E-state index contributed by atoms with van der Waals surface area (Å²) in [6.07, 6.45) is 4.17. The van der Waals surface area contributed by atoms with Crippen LogP contribution in [0.3, 0.4) is 0 Å². The zero-order chi connectivity index (χ0) is 20.5. The number of ether oxygens (including phenoxy) is 3. The standard InChI is InChI=1S/C20H28N2O6/c1-13-6-4-5-7-15(13)21-20(25)22-18(23)12-28-19(24)11-14-8-9-16(26-2)17(10-14)27-3/h8-10,13,15H,4-7,11-12H2,1-3H3,(H2,21,22,23,25)/t13-,15-/m1/s1. The van der Waals surface area contributed by atoms with Gasteiger partial charge in [-0.2, -0.15) is 0 Å². The summed E-state index contributed by atoms with van der Waals surface area (Å²) in [7, 11) is 3.03. The molecule has 0 radical (unpaired) electrons. The first-order valence-corrected chi connectivity index (χ1v) is 9.39. The minimum atomic E-state index is -0.665. The molecule has 3 amide bonds. The highest BCUT2D eigenvalue weighted by Gasteiger charge is 2.23. The van der Waals surface area contributed by atoms with Gasteiger partial charge in [0, 0.05) is 6.04 Å². The van der Waals surface area contributed by atoms with Gasteiger partial charge in [-0.25, -0.2) is 4.79 Å². The molecule has 0 heterocycles. The van der Waals surface area contributed by atoms with E-state index >= 15 is 0 Å². The van der Waals surface area contributed by atoms with Gasteiger partial charge < -0.3 is 19.5 Å². The number of benzene rings is 1. The highest BCUT2D eigenvalue weighted by atomic mass is 16.5. The summed E-state index contributed by atoms with van der Waals surface area (Å²) in [6.45, 7) is 1.57. The second-order valence-electron chi connectivity index (χ2n) is 6.92. The average molecular weight is 392 g/mol. The van der Waals surface area contributed by atoms with Crippen LogP contribution in [0.2, 0.25) is 0 Å². The van der Waals surface area contributed by atoms with E-state index in [-0.39, 0.29) is 12.5 Å². The molecule has 1 aromatic carbocycles. The van der Waals surface area contributed by atoms with E-state index in [2.05, 4.69) is 17.6 Å². The number of carbonyl (C=O) groups is 3. The Bertz CT molecular complexity index is 706. The molecule has 0 unspecified atom stereocenters. The van der Waals surface area contributed by atoms with Crippen molar-refractivity contribution in [3.63, 3.8) is 0 Å². The number of hydrogen-bond donors (Lipinski definition) is 2. The molecule has 1 aliphatic rings. The first-order valence-electron chi connectivity index (χ1n) is 9.39. The lowest BCUT2D eigenvalue weighted by Crippen LogP contribution is -2.48.